The van der Waals surface area contributed by atoms with E-state index in [9.17, 15) is 14.9 Å². The van der Waals surface area contributed by atoms with E-state index >= 15 is 0 Å². The largest absolute Gasteiger partial charge is 0.478 e. The molecule has 0 spiro atoms. The van der Waals surface area contributed by atoms with Crippen molar-refractivity contribution in [3.8, 4) is 6.07 Å². The molecule has 1 aliphatic heterocycles. The summed E-state index contributed by atoms with van der Waals surface area (Å²) in [4.78, 5) is 33.7. The first kappa shape index (κ1) is 21.1. The van der Waals surface area contributed by atoms with Crippen molar-refractivity contribution >= 4 is 41.6 Å². The summed E-state index contributed by atoms with van der Waals surface area (Å²) in [5, 5.41) is 21.5. The van der Waals surface area contributed by atoms with E-state index in [-0.39, 0.29) is 23.9 Å². The molecule has 1 saturated heterocycles. The summed E-state index contributed by atoms with van der Waals surface area (Å²) < 4.78 is 0. The van der Waals surface area contributed by atoms with Crippen molar-refractivity contribution in [3.63, 3.8) is 0 Å². The Morgan fingerprint density at radius 1 is 1.39 bits per heavy atom. The van der Waals surface area contributed by atoms with E-state index in [1.165, 1.54) is 6.20 Å². The molecule has 1 atom stereocenters. The Balaban J connectivity index is 0.00000280. The number of carbonyl (C=O) groups excluding carboxylic acids is 1. The van der Waals surface area contributed by atoms with E-state index in [0.29, 0.717) is 42.3 Å². The van der Waals surface area contributed by atoms with Gasteiger partial charge in [-0.1, -0.05) is 6.92 Å². The smallest absolute Gasteiger partial charge is 0.337 e. The van der Waals surface area contributed by atoms with Crippen LogP contribution < -0.4 is 10.2 Å². The van der Waals surface area contributed by atoms with Crippen molar-refractivity contribution in [1.82, 2.24) is 9.97 Å². The van der Waals surface area contributed by atoms with Crippen molar-refractivity contribution in [2.45, 2.75) is 26.7 Å². The second-order valence-electron chi connectivity index (χ2n) is 6.47. The standard InChI is InChI=1S/C19H19N5O3.ClH/c1-3-19(11-20)5-7-24(18(19)27)13-4-6-21-16(9-13)23-15-8-12(2)14(10-22-15)17(25)26;/h4,6,8-10H,3,5,7H2,1-2H3,(H,25,26)(H,21,22,23);1H. The second kappa shape index (κ2) is 8.23. The number of rotatable bonds is 5. The number of carbonyl (C=O) groups is 2. The molecule has 1 fully saturated rings. The molecule has 1 amide bonds. The molecular weight excluding hydrogens is 382 g/mol. The minimum absolute atomic E-state index is 0. The molecule has 146 valence electrons. The number of halogens is 1. The number of aromatic carboxylic acids is 1. The van der Waals surface area contributed by atoms with E-state index in [0.717, 1.165) is 0 Å². The maximum absolute atomic E-state index is 12.7. The van der Waals surface area contributed by atoms with Crippen LogP contribution in [0.2, 0.25) is 0 Å². The third kappa shape index (κ3) is 3.75. The van der Waals surface area contributed by atoms with Crippen LogP contribution in [0.25, 0.3) is 0 Å². The highest BCUT2D eigenvalue weighted by atomic mass is 35.5. The molecule has 8 nitrogen and oxygen atoms in total. The van der Waals surface area contributed by atoms with Gasteiger partial charge in [-0.25, -0.2) is 14.8 Å². The summed E-state index contributed by atoms with van der Waals surface area (Å²) in [5.74, 6) is -0.295. The molecule has 0 aliphatic carbocycles. The number of anilines is 3. The van der Waals surface area contributed by atoms with Gasteiger partial charge in [-0.15, -0.1) is 12.4 Å². The zero-order chi connectivity index (χ0) is 19.6. The van der Waals surface area contributed by atoms with Gasteiger partial charge in [0.05, 0.1) is 11.6 Å². The van der Waals surface area contributed by atoms with Crippen molar-refractivity contribution < 1.29 is 14.7 Å². The third-order valence-corrected chi connectivity index (χ3v) is 4.89. The first-order valence-corrected chi connectivity index (χ1v) is 8.56. The van der Waals surface area contributed by atoms with E-state index < -0.39 is 11.4 Å². The Bertz CT molecular complexity index is 959. The SMILES string of the molecule is CCC1(C#N)CCN(c2ccnc(Nc3cc(C)c(C(=O)O)cn3)c2)C1=O.Cl. The lowest BCUT2D eigenvalue weighted by molar-refractivity contribution is -0.123. The topological polar surface area (TPSA) is 119 Å². The Morgan fingerprint density at radius 3 is 2.68 bits per heavy atom. The average molecular weight is 402 g/mol. The molecule has 28 heavy (non-hydrogen) atoms. The lowest BCUT2D eigenvalue weighted by Gasteiger charge is -2.20. The number of hydrogen-bond acceptors (Lipinski definition) is 6. The molecule has 1 aliphatic rings. The van der Waals surface area contributed by atoms with Crippen LogP contribution in [0.5, 0.6) is 0 Å². The number of nitriles is 1. The Kier molecular flexibility index (Phi) is 6.21. The number of amides is 1. The third-order valence-electron chi connectivity index (χ3n) is 4.89. The van der Waals surface area contributed by atoms with Crippen molar-refractivity contribution in [1.29, 1.82) is 5.26 Å². The highest BCUT2D eigenvalue weighted by molar-refractivity contribution is 6.01. The minimum Gasteiger partial charge on any atom is -0.478 e. The molecule has 2 N–H and O–H groups in total. The molecule has 0 radical (unpaired) electrons. The Labute approximate surface area is 168 Å². The van der Waals surface area contributed by atoms with Gasteiger partial charge in [0, 0.05) is 30.7 Å². The molecule has 1 unspecified atom stereocenters. The number of pyridine rings is 2. The molecule has 3 heterocycles. The maximum Gasteiger partial charge on any atom is 0.337 e. The summed E-state index contributed by atoms with van der Waals surface area (Å²) in [6, 6.07) is 7.22. The molecule has 0 aromatic carbocycles. The second-order valence-corrected chi connectivity index (χ2v) is 6.47. The van der Waals surface area contributed by atoms with Crippen molar-refractivity contribution in [2.24, 2.45) is 5.41 Å². The molecular formula is C19H20ClN5O3. The number of nitrogens with zero attached hydrogens (tertiary/aromatic N) is 4. The van der Waals surface area contributed by atoms with E-state index in [4.69, 9.17) is 5.11 Å². The predicted octanol–water partition coefficient (Wildman–Crippen LogP) is 3.31. The van der Waals surface area contributed by atoms with Crippen LogP contribution in [0, 0.1) is 23.7 Å². The van der Waals surface area contributed by atoms with Gasteiger partial charge in [-0.3, -0.25) is 4.79 Å². The monoisotopic (exact) mass is 401 g/mol. The van der Waals surface area contributed by atoms with Gasteiger partial charge in [0.15, 0.2) is 0 Å². The van der Waals surface area contributed by atoms with Gasteiger partial charge >= 0.3 is 5.97 Å². The number of nitrogens with one attached hydrogen (secondary N) is 1. The number of aryl methyl sites for hydroxylation is 1. The molecule has 0 saturated carbocycles. The van der Waals surface area contributed by atoms with Gasteiger partial charge in [0.25, 0.3) is 0 Å². The van der Waals surface area contributed by atoms with Gasteiger partial charge in [0.2, 0.25) is 5.91 Å². The average Bonchev–Trinajstić information content (AvgIpc) is 2.98. The maximum atomic E-state index is 12.7. The van der Waals surface area contributed by atoms with Gasteiger partial charge < -0.3 is 15.3 Å². The normalized spacial score (nSPS) is 18.3. The van der Waals surface area contributed by atoms with E-state index in [2.05, 4.69) is 21.4 Å². The van der Waals surface area contributed by atoms with E-state index in [1.807, 2.05) is 6.92 Å². The highest BCUT2D eigenvalue weighted by Gasteiger charge is 2.46. The summed E-state index contributed by atoms with van der Waals surface area (Å²) in [6.07, 6.45) is 3.84. The van der Waals surface area contributed by atoms with Gasteiger partial charge in [-0.05, 0) is 37.5 Å². The van der Waals surface area contributed by atoms with Crippen LogP contribution in [0.4, 0.5) is 17.3 Å². The van der Waals surface area contributed by atoms with Crippen LogP contribution in [0.3, 0.4) is 0 Å². The zero-order valence-corrected chi connectivity index (χ0v) is 16.3. The molecule has 9 heteroatoms. The van der Waals surface area contributed by atoms with Crippen LogP contribution in [-0.2, 0) is 4.79 Å². The van der Waals surface area contributed by atoms with Crippen LogP contribution in [0.1, 0.15) is 35.7 Å². The lowest BCUT2D eigenvalue weighted by Crippen LogP contribution is -2.33. The number of aromatic nitrogens is 2. The molecule has 3 rings (SSSR count). The fourth-order valence-corrected chi connectivity index (χ4v) is 3.16. The summed E-state index contributed by atoms with van der Waals surface area (Å²) in [7, 11) is 0. The van der Waals surface area contributed by atoms with Crippen molar-refractivity contribution in [3.05, 3.63) is 41.7 Å². The number of hydrogen-bond donors (Lipinski definition) is 2. The van der Waals surface area contributed by atoms with Crippen molar-refractivity contribution in [2.75, 3.05) is 16.8 Å². The van der Waals surface area contributed by atoms with Crippen LogP contribution >= 0.6 is 12.4 Å². The molecule has 2 aromatic rings. The fraction of sp³-hybridized carbons (Fsp3) is 0.316. The van der Waals surface area contributed by atoms with E-state index in [1.54, 1.807) is 36.2 Å². The fourth-order valence-electron chi connectivity index (χ4n) is 3.16. The Morgan fingerprint density at radius 2 is 2.11 bits per heavy atom. The highest BCUT2D eigenvalue weighted by Crippen LogP contribution is 2.37. The minimum atomic E-state index is -1.03. The number of carboxylic acids is 1. The first-order chi connectivity index (χ1) is 12.9. The number of carboxylic acid groups (broad SMARTS) is 1. The Hall–Kier alpha value is -3.18. The van der Waals surface area contributed by atoms with Crippen LogP contribution in [-0.4, -0.2) is 33.5 Å². The summed E-state index contributed by atoms with van der Waals surface area (Å²) in [6.45, 7) is 4.02. The molecule has 0 bridgehead atoms. The summed E-state index contributed by atoms with van der Waals surface area (Å²) >= 11 is 0. The van der Waals surface area contributed by atoms with Gasteiger partial charge in [-0.2, -0.15) is 5.26 Å². The van der Waals surface area contributed by atoms with Gasteiger partial charge in [0.1, 0.15) is 17.1 Å². The molecule has 2 aromatic heterocycles. The first-order valence-electron chi connectivity index (χ1n) is 8.56. The quantitative estimate of drug-likeness (QED) is 0.788. The van der Waals surface area contributed by atoms with Crippen LogP contribution in [0.15, 0.2) is 30.6 Å². The predicted molar refractivity (Wildman–Crippen MR) is 106 cm³/mol. The summed E-state index contributed by atoms with van der Waals surface area (Å²) in [5.41, 5.74) is 0.411. The lowest BCUT2D eigenvalue weighted by atomic mass is 9.85. The zero-order valence-electron chi connectivity index (χ0n) is 15.5.